The lowest BCUT2D eigenvalue weighted by Crippen LogP contribution is -2.38. The maximum atomic E-state index is 10.3. The van der Waals surface area contributed by atoms with E-state index in [9.17, 15) is 5.11 Å². The van der Waals surface area contributed by atoms with Crippen LogP contribution in [0.2, 0.25) is 0 Å². The van der Waals surface area contributed by atoms with Crippen molar-refractivity contribution < 1.29 is 5.11 Å². The molecule has 0 aliphatic heterocycles. The minimum atomic E-state index is -0.952. The second-order valence-electron chi connectivity index (χ2n) is 4.00. The Morgan fingerprint density at radius 2 is 2.32 bits per heavy atom. The van der Waals surface area contributed by atoms with Gasteiger partial charge >= 0.3 is 0 Å². The quantitative estimate of drug-likeness (QED) is 0.309. The van der Waals surface area contributed by atoms with Gasteiger partial charge < -0.3 is 15.7 Å². The molecule has 1 aromatic rings. The minimum absolute atomic E-state index is 0. The number of nitrogens with zero attached hydrogens (tertiary/aromatic N) is 1. The topological polar surface area (TPSA) is 56.7 Å². The number of aliphatic hydroxyl groups is 1. The Morgan fingerprint density at radius 1 is 1.58 bits per heavy atom. The lowest BCUT2D eigenvalue weighted by molar-refractivity contribution is 0.0711. The van der Waals surface area contributed by atoms with Gasteiger partial charge in [0.15, 0.2) is 5.96 Å². The molecule has 1 rings (SSSR count). The third-order valence-electron chi connectivity index (χ3n) is 2.30. The second kappa shape index (κ2) is 9.18. The molecule has 0 spiro atoms. The first kappa shape index (κ1) is 18.2. The normalized spacial score (nSPS) is 13.9. The highest BCUT2D eigenvalue weighted by Crippen LogP contribution is 2.25. The Kier molecular flexibility index (Phi) is 8.80. The van der Waals surface area contributed by atoms with E-state index in [1.807, 2.05) is 24.4 Å². The summed E-state index contributed by atoms with van der Waals surface area (Å²) in [5, 5.41) is 18.3. The van der Waals surface area contributed by atoms with Crippen molar-refractivity contribution >= 4 is 41.3 Å². The number of aliphatic imine (C=N–C) groups is 1. The van der Waals surface area contributed by atoms with Crippen LogP contribution in [0.25, 0.3) is 0 Å². The minimum Gasteiger partial charge on any atom is -0.383 e. The van der Waals surface area contributed by atoms with Crippen molar-refractivity contribution in [1.29, 1.82) is 0 Å². The van der Waals surface area contributed by atoms with E-state index in [4.69, 9.17) is 6.42 Å². The summed E-state index contributed by atoms with van der Waals surface area (Å²) in [6.07, 6.45) is 5.19. The van der Waals surface area contributed by atoms with Crippen LogP contribution in [0.5, 0.6) is 0 Å². The van der Waals surface area contributed by atoms with Crippen molar-refractivity contribution in [3.8, 4) is 12.3 Å². The predicted molar refractivity (Wildman–Crippen MR) is 92.1 cm³/mol. The number of hydrogen-bond donors (Lipinski definition) is 3. The van der Waals surface area contributed by atoms with Gasteiger partial charge in [0.2, 0.25) is 0 Å². The fourth-order valence-electron chi connectivity index (χ4n) is 1.37. The maximum absolute atomic E-state index is 10.3. The van der Waals surface area contributed by atoms with Gasteiger partial charge in [0, 0.05) is 11.4 Å². The van der Waals surface area contributed by atoms with Crippen LogP contribution in [0, 0.1) is 12.3 Å². The first-order valence-corrected chi connectivity index (χ1v) is 6.70. The first-order chi connectivity index (χ1) is 8.60. The standard InChI is InChI=1S/C13H19N3OS.HI/c1-4-8-15-12(14-5-2)16-10-13(3,17)11-7-6-9-18-11;/h1,6-7,9,17H,5,8,10H2,2-3H3,(H2,14,15,16);1H. The number of thiophene rings is 1. The van der Waals surface area contributed by atoms with E-state index in [0.717, 1.165) is 11.4 Å². The van der Waals surface area contributed by atoms with Crippen molar-refractivity contribution in [1.82, 2.24) is 10.6 Å². The molecule has 3 N–H and O–H groups in total. The molecule has 6 heteroatoms. The van der Waals surface area contributed by atoms with Crippen molar-refractivity contribution in [2.75, 3.05) is 19.6 Å². The highest BCUT2D eigenvalue weighted by Gasteiger charge is 2.23. The lowest BCUT2D eigenvalue weighted by atomic mass is 10.1. The van der Waals surface area contributed by atoms with Crippen LogP contribution in [0.3, 0.4) is 0 Å². The van der Waals surface area contributed by atoms with Gasteiger partial charge in [0.25, 0.3) is 0 Å². The summed E-state index contributed by atoms with van der Waals surface area (Å²) in [6, 6.07) is 3.82. The van der Waals surface area contributed by atoms with Gasteiger partial charge in [-0.15, -0.1) is 41.7 Å². The maximum Gasteiger partial charge on any atom is 0.192 e. The molecule has 0 aliphatic rings. The lowest BCUT2D eigenvalue weighted by Gasteiger charge is -2.20. The van der Waals surface area contributed by atoms with E-state index >= 15 is 0 Å². The number of hydrogen-bond acceptors (Lipinski definition) is 3. The van der Waals surface area contributed by atoms with Crippen LogP contribution in [-0.4, -0.2) is 30.7 Å². The van der Waals surface area contributed by atoms with E-state index in [1.54, 1.807) is 6.92 Å². The van der Waals surface area contributed by atoms with Crippen LogP contribution >= 0.6 is 35.3 Å². The van der Waals surface area contributed by atoms with Crippen molar-refractivity contribution in [2.24, 2.45) is 4.99 Å². The molecule has 0 bridgehead atoms. The van der Waals surface area contributed by atoms with E-state index < -0.39 is 5.60 Å². The van der Waals surface area contributed by atoms with E-state index in [0.29, 0.717) is 12.5 Å². The molecule has 1 heterocycles. The molecule has 0 aliphatic carbocycles. The summed E-state index contributed by atoms with van der Waals surface area (Å²) in [5.74, 6) is 3.11. The van der Waals surface area contributed by atoms with Gasteiger partial charge in [-0.2, -0.15) is 0 Å². The highest BCUT2D eigenvalue weighted by molar-refractivity contribution is 14.0. The summed E-state index contributed by atoms with van der Waals surface area (Å²) in [5.41, 5.74) is -0.952. The summed E-state index contributed by atoms with van der Waals surface area (Å²) in [6.45, 7) is 5.18. The van der Waals surface area contributed by atoms with Crippen molar-refractivity contribution in [3.05, 3.63) is 22.4 Å². The zero-order valence-corrected chi connectivity index (χ0v) is 14.3. The zero-order chi connectivity index (χ0) is 13.4. The molecule has 106 valence electrons. The summed E-state index contributed by atoms with van der Waals surface area (Å²) in [4.78, 5) is 5.24. The van der Waals surface area contributed by atoms with Gasteiger partial charge in [-0.05, 0) is 25.3 Å². The Bertz CT molecular complexity index is 424. The van der Waals surface area contributed by atoms with Gasteiger partial charge in [0.05, 0.1) is 13.1 Å². The molecule has 0 saturated heterocycles. The monoisotopic (exact) mass is 393 g/mol. The van der Waals surface area contributed by atoms with Crippen molar-refractivity contribution in [3.63, 3.8) is 0 Å². The molecule has 0 fully saturated rings. The molecule has 19 heavy (non-hydrogen) atoms. The van der Waals surface area contributed by atoms with Gasteiger partial charge in [-0.3, -0.25) is 0 Å². The van der Waals surface area contributed by atoms with Gasteiger partial charge in [0.1, 0.15) is 5.60 Å². The zero-order valence-electron chi connectivity index (χ0n) is 11.1. The molecule has 1 atom stereocenters. The summed E-state index contributed by atoms with van der Waals surface area (Å²) < 4.78 is 0. The molecule has 0 amide bonds. The summed E-state index contributed by atoms with van der Waals surface area (Å²) >= 11 is 1.52. The van der Waals surface area contributed by atoms with E-state index in [-0.39, 0.29) is 30.5 Å². The molecular weight excluding hydrogens is 373 g/mol. The molecule has 0 radical (unpaired) electrons. The number of guanidine groups is 1. The first-order valence-electron chi connectivity index (χ1n) is 5.82. The van der Waals surface area contributed by atoms with Gasteiger partial charge in [-0.1, -0.05) is 12.0 Å². The predicted octanol–water partition coefficient (Wildman–Crippen LogP) is 1.76. The Hall–Kier alpha value is -0.780. The van der Waals surface area contributed by atoms with Crippen LogP contribution < -0.4 is 10.6 Å². The Labute approximate surface area is 135 Å². The van der Waals surface area contributed by atoms with Crippen LogP contribution in [0.15, 0.2) is 22.5 Å². The molecule has 0 aromatic carbocycles. The number of nitrogens with one attached hydrogen (secondary N) is 2. The average Bonchev–Trinajstić information content (AvgIpc) is 2.87. The SMILES string of the molecule is C#CCNC(=NCC(C)(O)c1cccs1)NCC.I. The fourth-order valence-corrected chi connectivity index (χ4v) is 2.15. The number of halogens is 1. The highest BCUT2D eigenvalue weighted by atomic mass is 127. The Balaban J connectivity index is 0.00000324. The van der Waals surface area contributed by atoms with Crippen molar-refractivity contribution in [2.45, 2.75) is 19.4 Å². The van der Waals surface area contributed by atoms with Gasteiger partial charge in [-0.25, -0.2) is 4.99 Å². The van der Waals surface area contributed by atoms with E-state index in [2.05, 4.69) is 21.5 Å². The van der Waals surface area contributed by atoms with Crippen LogP contribution in [0.4, 0.5) is 0 Å². The van der Waals surface area contributed by atoms with E-state index in [1.165, 1.54) is 11.3 Å². The molecule has 1 aromatic heterocycles. The van der Waals surface area contributed by atoms with Crippen LogP contribution in [-0.2, 0) is 5.60 Å². The second-order valence-corrected chi connectivity index (χ2v) is 4.95. The molecule has 0 saturated carbocycles. The molecule has 4 nitrogen and oxygen atoms in total. The smallest absolute Gasteiger partial charge is 0.192 e. The largest absolute Gasteiger partial charge is 0.383 e. The van der Waals surface area contributed by atoms with Crippen LogP contribution in [0.1, 0.15) is 18.7 Å². The fraction of sp³-hybridized carbons (Fsp3) is 0.462. The Morgan fingerprint density at radius 3 is 2.84 bits per heavy atom. The number of rotatable bonds is 5. The average molecular weight is 393 g/mol. The third-order valence-corrected chi connectivity index (χ3v) is 3.42. The molecule has 1 unspecified atom stereocenters. The molecular formula is C13H20IN3OS. The number of terminal acetylenes is 1. The third kappa shape index (κ3) is 6.27. The summed E-state index contributed by atoms with van der Waals surface area (Å²) in [7, 11) is 0.